The highest BCUT2D eigenvalue weighted by atomic mass is 16.5. The van der Waals surface area contributed by atoms with Crippen molar-refractivity contribution in [3.63, 3.8) is 0 Å². The number of carbonyl (C=O) groups is 2. The Balaban J connectivity index is 2.75. The van der Waals surface area contributed by atoms with Gasteiger partial charge in [-0.25, -0.2) is 0 Å². The largest absolute Gasteiger partial charge is 0.465 e. The van der Waals surface area contributed by atoms with E-state index in [9.17, 15) is 9.59 Å². The van der Waals surface area contributed by atoms with Crippen LogP contribution in [0.5, 0.6) is 0 Å². The number of rotatable bonds is 7. The first-order valence-corrected chi connectivity index (χ1v) is 7.22. The number of nitrogens with two attached hydrogens (primary N) is 1. The van der Waals surface area contributed by atoms with E-state index in [2.05, 4.69) is 5.32 Å². The normalized spacial score (nSPS) is 13.6. The molecule has 0 radical (unpaired) electrons. The van der Waals surface area contributed by atoms with Gasteiger partial charge in [0.2, 0.25) is 5.91 Å². The second-order valence-electron chi connectivity index (χ2n) is 5.23. The van der Waals surface area contributed by atoms with Gasteiger partial charge in [0.1, 0.15) is 0 Å². The maximum absolute atomic E-state index is 12.1. The van der Waals surface area contributed by atoms with Crippen molar-refractivity contribution in [2.75, 3.05) is 13.2 Å². The summed E-state index contributed by atoms with van der Waals surface area (Å²) < 4.78 is 5.08. The fourth-order valence-corrected chi connectivity index (χ4v) is 1.89. The van der Waals surface area contributed by atoms with Gasteiger partial charge in [-0.1, -0.05) is 44.2 Å². The van der Waals surface area contributed by atoms with Crippen LogP contribution in [0.15, 0.2) is 30.3 Å². The van der Waals surface area contributed by atoms with Crippen LogP contribution in [0.2, 0.25) is 0 Å². The first-order valence-electron chi connectivity index (χ1n) is 7.22. The highest BCUT2D eigenvalue weighted by Gasteiger charge is 2.24. The van der Waals surface area contributed by atoms with Gasteiger partial charge in [0.25, 0.3) is 0 Å². The van der Waals surface area contributed by atoms with Gasteiger partial charge >= 0.3 is 5.97 Å². The molecule has 0 aromatic heterocycles. The Hall–Kier alpha value is -1.88. The van der Waals surface area contributed by atoms with E-state index in [1.54, 1.807) is 6.92 Å². The predicted octanol–water partition coefficient (Wildman–Crippen LogP) is 1.43. The average Bonchev–Trinajstić information content (AvgIpc) is 2.47. The average molecular weight is 292 g/mol. The summed E-state index contributed by atoms with van der Waals surface area (Å²) in [5.41, 5.74) is 6.61. The second kappa shape index (κ2) is 8.42. The molecule has 5 heteroatoms. The van der Waals surface area contributed by atoms with Gasteiger partial charge in [0, 0.05) is 6.54 Å². The number of nitrogens with one attached hydrogen (secondary N) is 1. The van der Waals surface area contributed by atoms with Crippen LogP contribution < -0.4 is 11.1 Å². The molecule has 1 amide bonds. The van der Waals surface area contributed by atoms with Crippen LogP contribution in [0.25, 0.3) is 0 Å². The van der Waals surface area contributed by atoms with E-state index >= 15 is 0 Å². The first-order chi connectivity index (χ1) is 9.97. The lowest BCUT2D eigenvalue weighted by atomic mass is 9.98. The Labute approximate surface area is 125 Å². The lowest BCUT2D eigenvalue weighted by Gasteiger charge is -2.19. The molecule has 1 rings (SSSR count). The summed E-state index contributed by atoms with van der Waals surface area (Å²) >= 11 is 0. The summed E-state index contributed by atoms with van der Waals surface area (Å²) in [4.78, 5) is 24.0. The van der Waals surface area contributed by atoms with Crippen LogP contribution in [-0.4, -0.2) is 31.1 Å². The van der Waals surface area contributed by atoms with Crippen molar-refractivity contribution in [1.82, 2.24) is 5.32 Å². The van der Waals surface area contributed by atoms with Gasteiger partial charge < -0.3 is 15.8 Å². The van der Waals surface area contributed by atoms with Crippen LogP contribution in [-0.2, 0) is 14.3 Å². The van der Waals surface area contributed by atoms with E-state index in [-0.39, 0.29) is 24.3 Å². The fraction of sp³-hybridized carbons (Fsp3) is 0.500. The third kappa shape index (κ3) is 5.19. The van der Waals surface area contributed by atoms with E-state index in [4.69, 9.17) is 10.5 Å². The molecule has 1 unspecified atom stereocenters. The van der Waals surface area contributed by atoms with Gasteiger partial charge in [0.05, 0.1) is 18.6 Å². The van der Waals surface area contributed by atoms with Gasteiger partial charge in [-0.3, -0.25) is 9.59 Å². The van der Waals surface area contributed by atoms with Gasteiger partial charge in [-0.2, -0.15) is 0 Å². The van der Waals surface area contributed by atoms with Crippen LogP contribution in [0.1, 0.15) is 32.3 Å². The maximum atomic E-state index is 12.1. The molecule has 1 aromatic carbocycles. The summed E-state index contributed by atoms with van der Waals surface area (Å²) in [6.45, 7) is 6.01. The number of ether oxygens (including phenoxy) is 1. The van der Waals surface area contributed by atoms with Crippen molar-refractivity contribution in [1.29, 1.82) is 0 Å². The quantitative estimate of drug-likeness (QED) is 0.745. The summed E-state index contributed by atoms with van der Waals surface area (Å²) in [5, 5.41) is 2.74. The number of carbonyl (C=O) groups excluding carboxylic acids is 2. The maximum Gasteiger partial charge on any atom is 0.315 e. The highest BCUT2D eigenvalue weighted by Crippen LogP contribution is 2.16. The standard InChI is InChI=1S/C16H24N2O3/c1-4-21-16(20)13(12-8-6-5-7-9-12)10-18-15(19)14(17)11(2)3/h5-9,11,13-14H,4,10,17H2,1-3H3,(H,18,19)/t13?,14-/m0/s1. The summed E-state index contributed by atoms with van der Waals surface area (Å²) in [5.74, 6) is -1.07. The molecule has 0 saturated heterocycles. The Bertz CT molecular complexity index is 460. The number of hydrogen-bond acceptors (Lipinski definition) is 4. The minimum Gasteiger partial charge on any atom is -0.465 e. The molecular formula is C16H24N2O3. The van der Waals surface area contributed by atoms with Crippen LogP contribution in [0.4, 0.5) is 0 Å². The lowest BCUT2D eigenvalue weighted by Crippen LogP contribution is -2.45. The summed E-state index contributed by atoms with van der Waals surface area (Å²) in [6.07, 6.45) is 0. The fourth-order valence-electron chi connectivity index (χ4n) is 1.89. The van der Waals surface area contributed by atoms with E-state index in [0.29, 0.717) is 6.61 Å². The SMILES string of the molecule is CCOC(=O)C(CNC(=O)[C@@H](N)C(C)C)c1ccccc1. The molecule has 0 saturated carbocycles. The van der Waals surface area contributed by atoms with Crippen LogP contribution >= 0.6 is 0 Å². The molecule has 0 fully saturated rings. The lowest BCUT2D eigenvalue weighted by molar-refractivity contribution is -0.144. The molecule has 5 nitrogen and oxygen atoms in total. The van der Waals surface area contributed by atoms with E-state index in [0.717, 1.165) is 5.56 Å². The van der Waals surface area contributed by atoms with Gasteiger partial charge in [-0.05, 0) is 18.4 Å². The number of benzene rings is 1. The van der Waals surface area contributed by atoms with Crippen molar-refractivity contribution in [3.8, 4) is 0 Å². The van der Waals surface area contributed by atoms with Crippen molar-refractivity contribution < 1.29 is 14.3 Å². The van der Waals surface area contributed by atoms with Crippen LogP contribution in [0.3, 0.4) is 0 Å². The number of esters is 1. The van der Waals surface area contributed by atoms with Crippen molar-refractivity contribution in [2.45, 2.75) is 32.7 Å². The molecule has 3 N–H and O–H groups in total. The molecule has 116 valence electrons. The molecule has 1 aromatic rings. The predicted molar refractivity (Wildman–Crippen MR) is 81.6 cm³/mol. The molecule has 2 atom stereocenters. The molecule has 21 heavy (non-hydrogen) atoms. The van der Waals surface area contributed by atoms with Crippen molar-refractivity contribution in [2.24, 2.45) is 11.7 Å². The van der Waals surface area contributed by atoms with E-state index in [1.165, 1.54) is 0 Å². The Kier molecular flexibility index (Phi) is 6.88. The molecule has 0 bridgehead atoms. The highest BCUT2D eigenvalue weighted by molar-refractivity contribution is 5.83. The first kappa shape index (κ1) is 17.2. The molecule has 0 spiro atoms. The molecule has 0 heterocycles. The van der Waals surface area contributed by atoms with E-state index in [1.807, 2.05) is 44.2 Å². The number of hydrogen-bond donors (Lipinski definition) is 2. The smallest absolute Gasteiger partial charge is 0.315 e. The molecule has 0 aliphatic carbocycles. The zero-order chi connectivity index (χ0) is 15.8. The minimum absolute atomic E-state index is 0.0442. The van der Waals surface area contributed by atoms with Gasteiger partial charge in [0.15, 0.2) is 0 Å². The summed E-state index contributed by atoms with van der Waals surface area (Å²) in [7, 11) is 0. The van der Waals surface area contributed by atoms with E-state index < -0.39 is 12.0 Å². The van der Waals surface area contributed by atoms with Crippen molar-refractivity contribution >= 4 is 11.9 Å². The topological polar surface area (TPSA) is 81.4 Å². The monoisotopic (exact) mass is 292 g/mol. The zero-order valence-electron chi connectivity index (χ0n) is 12.8. The Morgan fingerprint density at radius 3 is 2.38 bits per heavy atom. The molecule has 0 aliphatic heterocycles. The Morgan fingerprint density at radius 1 is 1.24 bits per heavy atom. The minimum atomic E-state index is -0.580. The summed E-state index contributed by atoms with van der Waals surface area (Å²) in [6, 6.07) is 8.68. The molecule has 0 aliphatic rings. The van der Waals surface area contributed by atoms with Crippen molar-refractivity contribution in [3.05, 3.63) is 35.9 Å². The zero-order valence-corrected chi connectivity index (χ0v) is 12.8. The van der Waals surface area contributed by atoms with Gasteiger partial charge in [-0.15, -0.1) is 0 Å². The number of amides is 1. The second-order valence-corrected chi connectivity index (χ2v) is 5.23. The third-order valence-electron chi connectivity index (χ3n) is 3.27. The molecular weight excluding hydrogens is 268 g/mol. The third-order valence-corrected chi connectivity index (χ3v) is 3.27. The Morgan fingerprint density at radius 2 is 1.86 bits per heavy atom. The van der Waals surface area contributed by atoms with Crippen LogP contribution in [0, 0.1) is 5.92 Å².